The normalized spacial score (nSPS) is 34.3. The number of hydrogen-bond acceptors (Lipinski definition) is 4. The molecule has 19 heavy (non-hydrogen) atoms. The van der Waals surface area contributed by atoms with Gasteiger partial charge in [0, 0.05) is 13.5 Å². The fraction of sp³-hybridized carbons (Fsp3) is 0.600. The molecule has 106 valence electrons. The monoisotopic (exact) mass is 266 g/mol. The molecule has 2 aliphatic carbocycles. The van der Waals surface area contributed by atoms with E-state index in [2.05, 4.69) is 6.58 Å². The Morgan fingerprint density at radius 1 is 1.26 bits per heavy atom. The predicted molar refractivity (Wildman–Crippen MR) is 72.4 cm³/mol. The van der Waals surface area contributed by atoms with Crippen LogP contribution < -0.4 is 0 Å². The van der Waals surface area contributed by atoms with Gasteiger partial charge in [0.25, 0.3) is 0 Å². The van der Waals surface area contributed by atoms with E-state index in [4.69, 9.17) is 14.2 Å². The minimum absolute atomic E-state index is 0.197. The maximum absolute atomic E-state index is 10.8. The van der Waals surface area contributed by atoms with Gasteiger partial charge in [-0.3, -0.25) is 0 Å². The number of methoxy groups -OCH3 is 3. The van der Waals surface area contributed by atoms with Crippen LogP contribution in [0, 0.1) is 5.92 Å². The molecule has 0 aliphatic heterocycles. The zero-order chi connectivity index (χ0) is 14.1. The van der Waals surface area contributed by atoms with E-state index in [0.29, 0.717) is 17.9 Å². The highest BCUT2D eigenvalue weighted by Crippen LogP contribution is 2.50. The summed E-state index contributed by atoms with van der Waals surface area (Å²) in [5.41, 5.74) is -1.83. The van der Waals surface area contributed by atoms with Gasteiger partial charge in [-0.25, -0.2) is 0 Å². The topological polar surface area (TPSA) is 47.9 Å². The van der Waals surface area contributed by atoms with Gasteiger partial charge in [0.2, 0.25) is 0 Å². The van der Waals surface area contributed by atoms with Gasteiger partial charge in [-0.2, -0.15) is 0 Å². The quantitative estimate of drug-likeness (QED) is 0.748. The first-order valence-corrected chi connectivity index (χ1v) is 6.50. The van der Waals surface area contributed by atoms with Crippen molar-refractivity contribution in [2.45, 2.75) is 30.5 Å². The minimum Gasteiger partial charge on any atom is -0.494 e. The van der Waals surface area contributed by atoms with Crippen molar-refractivity contribution in [1.82, 2.24) is 0 Å². The summed E-state index contributed by atoms with van der Waals surface area (Å²) in [7, 11) is 4.73. The Hall–Kier alpha value is -1.26. The third-order valence-corrected chi connectivity index (χ3v) is 3.98. The molecule has 2 unspecified atom stereocenters. The van der Waals surface area contributed by atoms with Crippen LogP contribution in [-0.4, -0.2) is 37.6 Å². The van der Waals surface area contributed by atoms with Crippen molar-refractivity contribution < 1.29 is 19.3 Å². The van der Waals surface area contributed by atoms with Crippen LogP contribution in [0.2, 0.25) is 0 Å². The van der Waals surface area contributed by atoms with E-state index < -0.39 is 11.2 Å². The Balaban J connectivity index is 2.51. The fourth-order valence-electron chi connectivity index (χ4n) is 2.77. The zero-order valence-electron chi connectivity index (χ0n) is 11.8. The van der Waals surface area contributed by atoms with Crippen LogP contribution in [-0.2, 0) is 14.2 Å². The SMILES string of the molecule is C=CCC1(OC)C=CC(O)(C2CC2)C(OC)=C1OC. The lowest BCUT2D eigenvalue weighted by Crippen LogP contribution is -2.44. The lowest BCUT2D eigenvalue weighted by atomic mass is 9.81. The first-order chi connectivity index (χ1) is 9.07. The predicted octanol–water partition coefficient (Wildman–Crippen LogP) is 2.16. The van der Waals surface area contributed by atoms with E-state index in [9.17, 15) is 5.11 Å². The van der Waals surface area contributed by atoms with Crippen LogP contribution >= 0.6 is 0 Å². The molecule has 0 saturated heterocycles. The first-order valence-electron chi connectivity index (χ1n) is 6.50. The molecular weight excluding hydrogens is 244 g/mol. The maximum atomic E-state index is 10.8. The third-order valence-electron chi connectivity index (χ3n) is 3.98. The average molecular weight is 266 g/mol. The van der Waals surface area contributed by atoms with Crippen LogP contribution in [0.25, 0.3) is 0 Å². The molecule has 1 fully saturated rings. The van der Waals surface area contributed by atoms with E-state index in [1.165, 1.54) is 0 Å². The Kier molecular flexibility index (Phi) is 3.74. The highest BCUT2D eigenvalue weighted by molar-refractivity contribution is 5.40. The Bertz CT molecular complexity index is 422. The van der Waals surface area contributed by atoms with Gasteiger partial charge in [-0.15, -0.1) is 6.58 Å². The van der Waals surface area contributed by atoms with E-state index in [0.717, 1.165) is 12.8 Å². The van der Waals surface area contributed by atoms with Gasteiger partial charge in [0.1, 0.15) is 11.2 Å². The van der Waals surface area contributed by atoms with Gasteiger partial charge in [0.05, 0.1) is 14.2 Å². The second-order valence-electron chi connectivity index (χ2n) is 5.09. The van der Waals surface area contributed by atoms with Crippen LogP contribution in [0.3, 0.4) is 0 Å². The average Bonchev–Trinajstić information content (AvgIpc) is 3.25. The van der Waals surface area contributed by atoms with E-state index in [-0.39, 0.29) is 5.92 Å². The van der Waals surface area contributed by atoms with Crippen molar-refractivity contribution >= 4 is 0 Å². The maximum Gasteiger partial charge on any atom is 0.173 e. The van der Waals surface area contributed by atoms with Gasteiger partial charge >= 0.3 is 0 Å². The molecule has 0 aromatic rings. The summed E-state index contributed by atoms with van der Waals surface area (Å²) in [6.45, 7) is 3.76. The summed E-state index contributed by atoms with van der Waals surface area (Å²) < 4.78 is 16.6. The van der Waals surface area contributed by atoms with Gasteiger partial charge in [-0.1, -0.05) is 6.08 Å². The molecule has 0 heterocycles. The lowest BCUT2D eigenvalue weighted by Gasteiger charge is -2.39. The van der Waals surface area contributed by atoms with Crippen molar-refractivity contribution in [2.24, 2.45) is 5.92 Å². The number of hydrogen-bond donors (Lipinski definition) is 1. The number of ether oxygens (including phenoxy) is 3. The minimum atomic E-state index is -1.08. The molecule has 0 aromatic heterocycles. The lowest BCUT2D eigenvalue weighted by molar-refractivity contribution is -0.0267. The molecule has 4 nitrogen and oxygen atoms in total. The van der Waals surface area contributed by atoms with Crippen molar-refractivity contribution in [2.75, 3.05) is 21.3 Å². The summed E-state index contributed by atoms with van der Waals surface area (Å²) in [4.78, 5) is 0. The Morgan fingerprint density at radius 2 is 1.89 bits per heavy atom. The smallest absolute Gasteiger partial charge is 0.173 e. The molecular formula is C15H22O4. The molecule has 0 amide bonds. The van der Waals surface area contributed by atoms with E-state index in [1.54, 1.807) is 33.5 Å². The van der Waals surface area contributed by atoms with E-state index >= 15 is 0 Å². The molecule has 2 aliphatic rings. The Morgan fingerprint density at radius 3 is 2.32 bits per heavy atom. The van der Waals surface area contributed by atoms with Crippen molar-refractivity contribution in [3.63, 3.8) is 0 Å². The molecule has 2 rings (SSSR count). The van der Waals surface area contributed by atoms with Gasteiger partial charge < -0.3 is 19.3 Å². The summed E-state index contributed by atoms with van der Waals surface area (Å²) >= 11 is 0. The first kappa shape index (κ1) is 14.2. The molecule has 2 atom stereocenters. The highest BCUT2D eigenvalue weighted by atomic mass is 16.6. The molecule has 0 bridgehead atoms. The molecule has 4 heteroatoms. The van der Waals surface area contributed by atoms with Crippen LogP contribution in [0.4, 0.5) is 0 Å². The van der Waals surface area contributed by atoms with Crippen molar-refractivity contribution in [3.8, 4) is 0 Å². The van der Waals surface area contributed by atoms with Crippen LogP contribution in [0.5, 0.6) is 0 Å². The van der Waals surface area contributed by atoms with Crippen molar-refractivity contribution in [1.29, 1.82) is 0 Å². The molecule has 0 spiro atoms. The largest absolute Gasteiger partial charge is 0.494 e. The summed E-state index contributed by atoms with van der Waals surface area (Å²) in [5.74, 6) is 1.17. The molecule has 0 aromatic carbocycles. The summed E-state index contributed by atoms with van der Waals surface area (Å²) in [6, 6.07) is 0. The molecule has 0 radical (unpaired) electrons. The zero-order valence-corrected chi connectivity index (χ0v) is 11.8. The van der Waals surface area contributed by atoms with E-state index in [1.807, 2.05) is 6.08 Å². The number of rotatable bonds is 6. The molecule has 1 saturated carbocycles. The second-order valence-corrected chi connectivity index (χ2v) is 5.09. The van der Waals surface area contributed by atoms with Crippen LogP contribution in [0.1, 0.15) is 19.3 Å². The second kappa shape index (κ2) is 5.02. The summed E-state index contributed by atoms with van der Waals surface area (Å²) in [6.07, 6.45) is 7.93. The van der Waals surface area contributed by atoms with Gasteiger partial charge in [0.15, 0.2) is 11.5 Å². The standard InChI is InChI=1S/C15H22O4/c1-5-8-14(19-4)9-10-15(16,11-6-7-11)13(18-3)12(14)17-2/h5,9-11,16H,1,6-8H2,2-4H3. The highest BCUT2D eigenvalue weighted by Gasteiger charge is 2.53. The molecule has 1 N–H and O–H groups in total. The van der Waals surface area contributed by atoms with Crippen LogP contribution in [0.15, 0.2) is 36.3 Å². The third kappa shape index (κ3) is 2.09. The van der Waals surface area contributed by atoms with Crippen molar-refractivity contribution in [3.05, 3.63) is 36.3 Å². The summed E-state index contributed by atoms with van der Waals surface area (Å²) in [5, 5.41) is 10.8. The Labute approximate surface area is 114 Å². The van der Waals surface area contributed by atoms with Gasteiger partial charge in [-0.05, 0) is 30.9 Å². The number of aliphatic hydroxyl groups is 1. The fourth-order valence-corrected chi connectivity index (χ4v) is 2.77.